The minimum Gasteiger partial charge on any atom is -0.456 e. The SMILES string of the molecule is CC(OC(=O)Cn1cc(CN)nn1)c1ccccc1. The van der Waals surface area contributed by atoms with Gasteiger partial charge in [-0.1, -0.05) is 35.5 Å². The van der Waals surface area contributed by atoms with Crippen molar-refractivity contribution in [2.45, 2.75) is 26.1 Å². The van der Waals surface area contributed by atoms with Gasteiger partial charge in [0.05, 0.1) is 11.9 Å². The summed E-state index contributed by atoms with van der Waals surface area (Å²) in [5, 5.41) is 7.60. The number of hydrogen-bond donors (Lipinski definition) is 1. The van der Waals surface area contributed by atoms with Gasteiger partial charge in [-0.3, -0.25) is 4.79 Å². The van der Waals surface area contributed by atoms with Gasteiger partial charge in [0, 0.05) is 6.54 Å². The fourth-order valence-corrected chi connectivity index (χ4v) is 1.67. The molecule has 1 aromatic heterocycles. The van der Waals surface area contributed by atoms with Gasteiger partial charge in [-0.2, -0.15) is 0 Å². The number of esters is 1. The van der Waals surface area contributed by atoms with Crippen LogP contribution < -0.4 is 5.73 Å². The summed E-state index contributed by atoms with van der Waals surface area (Å²) >= 11 is 0. The van der Waals surface area contributed by atoms with Crippen LogP contribution in [0.1, 0.15) is 24.3 Å². The predicted molar refractivity (Wildman–Crippen MR) is 68.9 cm³/mol. The normalized spacial score (nSPS) is 12.1. The van der Waals surface area contributed by atoms with Crippen LogP contribution in [0.15, 0.2) is 36.5 Å². The predicted octanol–water partition coefficient (Wildman–Crippen LogP) is 1.04. The quantitative estimate of drug-likeness (QED) is 0.812. The fraction of sp³-hybridized carbons (Fsp3) is 0.308. The van der Waals surface area contributed by atoms with Gasteiger partial charge in [0.1, 0.15) is 12.6 Å². The molecule has 1 aromatic carbocycles. The molecule has 0 amide bonds. The van der Waals surface area contributed by atoms with Crippen molar-refractivity contribution in [1.29, 1.82) is 0 Å². The molecule has 0 aliphatic carbocycles. The lowest BCUT2D eigenvalue weighted by Gasteiger charge is -2.13. The van der Waals surface area contributed by atoms with Crippen LogP contribution in [-0.4, -0.2) is 21.0 Å². The monoisotopic (exact) mass is 260 g/mol. The molecule has 100 valence electrons. The second-order valence-corrected chi connectivity index (χ2v) is 4.15. The number of hydrogen-bond acceptors (Lipinski definition) is 5. The maximum absolute atomic E-state index is 11.8. The lowest BCUT2D eigenvalue weighted by molar-refractivity contribution is -0.149. The van der Waals surface area contributed by atoms with E-state index in [1.165, 1.54) is 4.68 Å². The first-order valence-corrected chi connectivity index (χ1v) is 6.02. The second-order valence-electron chi connectivity index (χ2n) is 4.15. The first-order chi connectivity index (χ1) is 9.19. The molecular formula is C13H16N4O2. The summed E-state index contributed by atoms with van der Waals surface area (Å²) in [6.45, 7) is 2.17. The lowest BCUT2D eigenvalue weighted by Crippen LogP contribution is -2.16. The topological polar surface area (TPSA) is 83.0 Å². The average molecular weight is 260 g/mol. The fourth-order valence-electron chi connectivity index (χ4n) is 1.67. The van der Waals surface area contributed by atoms with Crippen LogP contribution in [0.4, 0.5) is 0 Å². The van der Waals surface area contributed by atoms with Crippen molar-refractivity contribution in [1.82, 2.24) is 15.0 Å². The van der Waals surface area contributed by atoms with Crippen molar-refractivity contribution >= 4 is 5.97 Å². The molecule has 6 heteroatoms. The van der Waals surface area contributed by atoms with Crippen LogP contribution in [0.2, 0.25) is 0 Å². The van der Waals surface area contributed by atoms with E-state index in [2.05, 4.69) is 10.3 Å². The Balaban J connectivity index is 1.91. The van der Waals surface area contributed by atoms with Crippen molar-refractivity contribution < 1.29 is 9.53 Å². The average Bonchev–Trinajstić information content (AvgIpc) is 2.87. The van der Waals surface area contributed by atoms with Crippen molar-refractivity contribution in [2.75, 3.05) is 0 Å². The zero-order valence-electron chi connectivity index (χ0n) is 10.7. The van der Waals surface area contributed by atoms with Gasteiger partial charge in [-0.15, -0.1) is 5.10 Å². The lowest BCUT2D eigenvalue weighted by atomic mass is 10.1. The Hall–Kier alpha value is -2.21. The second kappa shape index (κ2) is 6.10. The van der Waals surface area contributed by atoms with Crippen molar-refractivity contribution in [3.63, 3.8) is 0 Å². The molecule has 0 spiro atoms. The highest BCUT2D eigenvalue weighted by Gasteiger charge is 2.12. The van der Waals surface area contributed by atoms with Crippen LogP contribution in [0.25, 0.3) is 0 Å². The van der Waals surface area contributed by atoms with E-state index in [1.807, 2.05) is 37.3 Å². The van der Waals surface area contributed by atoms with E-state index in [0.29, 0.717) is 12.2 Å². The largest absolute Gasteiger partial charge is 0.456 e. The highest BCUT2D eigenvalue weighted by Crippen LogP contribution is 2.16. The van der Waals surface area contributed by atoms with E-state index in [-0.39, 0.29) is 18.6 Å². The third-order valence-electron chi connectivity index (χ3n) is 2.66. The minimum atomic E-state index is -0.357. The molecule has 0 aliphatic rings. The molecule has 2 rings (SSSR count). The highest BCUT2D eigenvalue weighted by atomic mass is 16.5. The number of carbonyl (C=O) groups excluding carboxylic acids is 1. The molecular weight excluding hydrogens is 244 g/mol. The smallest absolute Gasteiger partial charge is 0.328 e. The van der Waals surface area contributed by atoms with Gasteiger partial charge in [0.15, 0.2) is 0 Å². The van der Waals surface area contributed by atoms with Gasteiger partial charge in [-0.05, 0) is 12.5 Å². The van der Waals surface area contributed by atoms with E-state index >= 15 is 0 Å². The van der Waals surface area contributed by atoms with Gasteiger partial charge in [-0.25, -0.2) is 4.68 Å². The Bertz CT molecular complexity index is 539. The van der Waals surface area contributed by atoms with Crippen molar-refractivity contribution in [3.05, 3.63) is 47.8 Å². The number of aromatic nitrogens is 3. The standard InChI is InChI=1S/C13H16N4O2/c1-10(11-5-3-2-4-6-11)19-13(18)9-17-8-12(7-14)15-16-17/h2-6,8,10H,7,9,14H2,1H3. The van der Waals surface area contributed by atoms with E-state index in [4.69, 9.17) is 10.5 Å². The van der Waals surface area contributed by atoms with Crippen LogP contribution in [0.3, 0.4) is 0 Å². The zero-order valence-corrected chi connectivity index (χ0v) is 10.7. The van der Waals surface area contributed by atoms with E-state index < -0.39 is 0 Å². The Kier molecular flexibility index (Phi) is 4.25. The Morgan fingerprint density at radius 2 is 2.16 bits per heavy atom. The Morgan fingerprint density at radius 3 is 2.79 bits per heavy atom. The summed E-state index contributed by atoms with van der Waals surface area (Å²) in [6, 6.07) is 9.57. The Labute approximate surface area is 111 Å². The summed E-state index contributed by atoms with van der Waals surface area (Å²) in [7, 11) is 0. The number of carbonyl (C=O) groups is 1. The van der Waals surface area contributed by atoms with Gasteiger partial charge in [0.2, 0.25) is 0 Å². The summed E-state index contributed by atoms with van der Waals surface area (Å²) in [6.07, 6.45) is 1.35. The van der Waals surface area contributed by atoms with Gasteiger partial charge >= 0.3 is 5.97 Å². The summed E-state index contributed by atoms with van der Waals surface area (Å²) in [5.41, 5.74) is 7.02. The number of nitrogens with zero attached hydrogens (tertiary/aromatic N) is 3. The van der Waals surface area contributed by atoms with Crippen LogP contribution in [-0.2, 0) is 22.6 Å². The Morgan fingerprint density at radius 1 is 1.42 bits per heavy atom. The molecule has 0 bridgehead atoms. The molecule has 1 atom stereocenters. The first kappa shape index (κ1) is 13.2. The number of rotatable bonds is 5. The first-order valence-electron chi connectivity index (χ1n) is 6.02. The molecule has 1 heterocycles. The molecule has 0 fully saturated rings. The van der Waals surface area contributed by atoms with E-state index in [9.17, 15) is 4.79 Å². The number of ether oxygens (including phenoxy) is 1. The van der Waals surface area contributed by atoms with Crippen LogP contribution in [0, 0.1) is 0 Å². The maximum Gasteiger partial charge on any atom is 0.328 e. The molecule has 19 heavy (non-hydrogen) atoms. The third kappa shape index (κ3) is 3.62. The van der Waals surface area contributed by atoms with E-state index in [0.717, 1.165) is 5.56 Å². The van der Waals surface area contributed by atoms with Crippen molar-refractivity contribution in [2.24, 2.45) is 5.73 Å². The third-order valence-corrected chi connectivity index (χ3v) is 2.66. The molecule has 0 saturated heterocycles. The maximum atomic E-state index is 11.8. The summed E-state index contributed by atoms with van der Waals surface area (Å²) < 4.78 is 6.74. The van der Waals surface area contributed by atoms with Crippen LogP contribution in [0.5, 0.6) is 0 Å². The highest BCUT2D eigenvalue weighted by molar-refractivity contribution is 5.69. The summed E-state index contributed by atoms with van der Waals surface area (Å²) in [5.74, 6) is -0.357. The summed E-state index contributed by atoms with van der Waals surface area (Å²) in [4.78, 5) is 11.8. The van der Waals surface area contributed by atoms with Gasteiger partial charge < -0.3 is 10.5 Å². The number of nitrogens with two attached hydrogens (primary N) is 1. The number of benzene rings is 1. The molecule has 2 aromatic rings. The molecule has 0 saturated carbocycles. The molecule has 2 N–H and O–H groups in total. The zero-order chi connectivity index (χ0) is 13.7. The van der Waals surface area contributed by atoms with Crippen molar-refractivity contribution in [3.8, 4) is 0 Å². The molecule has 0 radical (unpaired) electrons. The molecule has 1 unspecified atom stereocenters. The van der Waals surface area contributed by atoms with Crippen LogP contribution >= 0.6 is 0 Å². The van der Waals surface area contributed by atoms with E-state index in [1.54, 1.807) is 6.20 Å². The molecule has 0 aliphatic heterocycles. The van der Waals surface area contributed by atoms with Gasteiger partial charge in [0.25, 0.3) is 0 Å². The minimum absolute atomic E-state index is 0.0319. The molecule has 6 nitrogen and oxygen atoms in total.